The predicted molar refractivity (Wildman–Crippen MR) is 93.5 cm³/mol. The van der Waals surface area contributed by atoms with Gasteiger partial charge in [-0.3, -0.25) is 19.4 Å². The van der Waals surface area contributed by atoms with Crippen molar-refractivity contribution in [2.75, 3.05) is 25.1 Å². The Bertz CT molecular complexity index is 947. The zero-order chi connectivity index (χ0) is 18.8. The van der Waals surface area contributed by atoms with Gasteiger partial charge in [0.25, 0.3) is 11.5 Å². The van der Waals surface area contributed by atoms with Gasteiger partial charge in [-0.1, -0.05) is 0 Å². The van der Waals surface area contributed by atoms with E-state index in [0.29, 0.717) is 11.4 Å². The average Bonchev–Trinajstić information content (AvgIpc) is 2.63. The molecule has 0 radical (unpaired) electrons. The van der Waals surface area contributed by atoms with E-state index in [9.17, 15) is 19.2 Å². The third-order valence-electron chi connectivity index (χ3n) is 4.28. The van der Waals surface area contributed by atoms with Crippen LogP contribution >= 0.6 is 0 Å². The molecular weight excluding hydrogens is 340 g/mol. The van der Waals surface area contributed by atoms with Crippen molar-refractivity contribution in [1.82, 2.24) is 14.9 Å². The molecule has 1 aromatic carbocycles. The molecule has 0 saturated carbocycles. The number of H-pyrrole nitrogens is 2. The van der Waals surface area contributed by atoms with Crippen molar-refractivity contribution < 1.29 is 14.3 Å². The Morgan fingerprint density at radius 1 is 1.19 bits per heavy atom. The van der Waals surface area contributed by atoms with Crippen LogP contribution in [0.4, 0.5) is 5.69 Å². The summed E-state index contributed by atoms with van der Waals surface area (Å²) in [6.45, 7) is 1.92. The number of piperazine rings is 1. The molecule has 2 amide bonds. The lowest BCUT2D eigenvalue weighted by molar-refractivity contribution is -0.121. The second-order valence-electron chi connectivity index (χ2n) is 5.97. The third kappa shape index (κ3) is 3.23. The van der Waals surface area contributed by atoms with Gasteiger partial charge in [0, 0.05) is 24.5 Å². The fourth-order valence-corrected chi connectivity index (χ4v) is 2.86. The Kier molecular flexibility index (Phi) is 4.61. The molecule has 2 N–H and O–H groups in total. The average molecular weight is 358 g/mol. The predicted octanol–water partition coefficient (Wildman–Crippen LogP) is -0.0507. The smallest absolute Gasteiger partial charge is 0.325 e. The molecule has 0 spiro atoms. The molecule has 0 aliphatic carbocycles. The zero-order valence-corrected chi connectivity index (χ0v) is 14.3. The van der Waals surface area contributed by atoms with Crippen molar-refractivity contribution in [2.24, 2.45) is 0 Å². The topological polar surface area (TPSA) is 116 Å². The Morgan fingerprint density at radius 2 is 1.88 bits per heavy atom. The fourth-order valence-electron chi connectivity index (χ4n) is 2.86. The highest BCUT2D eigenvalue weighted by Gasteiger charge is 2.34. The number of hydrogen-bond acceptors (Lipinski definition) is 5. The number of amides is 2. The number of hydrogen-bond donors (Lipinski definition) is 2. The molecule has 2 heterocycles. The summed E-state index contributed by atoms with van der Waals surface area (Å²) in [4.78, 5) is 55.3. The van der Waals surface area contributed by atoms with E-state index >= 15 is 0 Å². The minimum Gasteiger partial charge on any atom is -0.497 e. The number of benzene rings is 1. The second kappa shape index (κ2) is 6.87. The highest BCUT2D eigenvalue weighted by Crippen LogP contribution is 2.23. The lowest BCUT2D eigenvalue weighted by atomic mass is 10.1. The van der Waals surface area contributed by atoms with Gasteiger partial charge in [-0.25, -0.2) is 4.79 Å². The highest BCUT2D eigenvalue weighted by atomic mass is 16.5. The molecule has 0 unspecified atom stereocenters. The summed E-state index contributed by atoms with van der Waals surface area (Å²) in [5.41, 5.74) is -0.977. The van der Waals surface area contributed by atoms with Gasteiger partial charge >= 0.3 is 5.69 Å². The number of nitrogens with one attached hydrogen (secondary N) is 2. The van der Waals surface area contributed by atoms with Crippen molar-refractivity contribution in [2.45, 2.75) is 13.0 Å². The van der Waals surface area contributed by atoms with E-state index in [1.807, 2.05) is 4.98 Å². The number of carbonyl (C=O) groups excluding carboxylic acids is 2. The van der Waals surface area contributed by atoms with Gasteiger partial charge in [0.05, 0.1) is 7.11 Å². The number of carbonyl (C=O) groups is 2. The summed E-state index contributed by atoms with van der Waals surface area (Å²) < 4.78 is 5.11. The van der Waals surface area contributed by atoms with Gasteiger partial charge < -0.3 is 19.5 Å². The van der Waals surface area contributed by atoms with E-state index in [1.54, 1.807) is 43.2 Å². The molecule has 1 aliphatic heterocycles. The Balaban J connectivity index is 1.81. The molecule has 1 atom stereocenters. The van der Waals surface area contributed by atoms with E-state index in [0.717, 1.165) is 6.20 Å². The van der Waals surface area contributed by atoms with Gasteiger partial charge in [-0.05, 0) is 31.2 Å². The molecule has 1 fully saturated rings. The lowest BCUT2D eigenvalue weighted by Gasteiger charge is -2.39. The van der Waals surface area contributed by atoms with Gasteiger partial charge in [-0.15, -0.1) is 0 Å². The van der Waals surface area contributed by atoms with Gasteiger partial charge in [0.2, 0.25) is 5.91 Å². The molecule has 9 heteroatoms. The molecule has 26 heavy (non-hydrogen) atoms. The summed E-state index contributed by atoms with van der Waals surface area (Å²) in [7, 11) is 1.56. The molecule has 0 bridgehead atoms. The number of rotatable bonds is 3. The first-order valence-corrected chi connectivity index (χ1v) is 7.98. The molecule has 3 rings (SSSR count). The molecule has 2 aromatic rings. The summed E-state index contributed by atoms with van der Waals surface area (Å²) in [5, 5.41) is 0. The van der Waals surface area contributed by atoms with Gasteiger partial charge in [0.1, 0.15) is 17.9 Å². The summed E-state index contributed by atoms with van der Waals surface area (Å²) in [6.07, 6.45) is 1.07. The van der Waals surface area contributed by atoms with Crippen molar-refractivity contribution >= 4 is 17.5 Å². The van der Waals surface area contributed by atoms with Crippen LogP contribution in [0.1, 0.15) is 17.3 Å². The quantitative estimate of drug-likeness (QED) is 0.798. The summed E-state index contributed by atoms with van der Waals surface area (Å²) in [6, 6.07) is 6.74. The Hall–Kier alpha value is -3.36. The van der Waals surface area contributed by atoms with Crippen LogP contribution in [-0.4, -0.2) is 52.9 Å². The molecule has 1 saturated heterocycles. The number of nitrogens with zero attached hydrogens (tertiary/aromatic N) is 2. The number of ether oxygens (including phenoxy) is 1. The van der Waals surface area contributed by atoms with Crippen LogP contribution in [0.3, 0.4) is 0 Å². The molecule has 1 aliphatic rings. The standard InChI is InChI=1S/C17H18N4O5/c1-10-8-21(11-3-5-12(26-2)6-4-11)14(22)9-20(10)16(24)13-7-18-17(25)19-15(13)23/h3-7,10H,8-9H2,1-2H3,(H2,18,19,23,25)/t10-/m0/s1. The van der Waals surface area contributed by atoms with E-state index in [1.165, 1.54) is 4.90 Å². The summed E-state index contributed by atoms with van der Waals surface area (Å²) >= 11 is 0. The largest absolute Gasteiger partial charge is 0.497 e. The first-order chi connectivity index (χ1) is 12.4. The second-order valence-corrected chi connectivity index (χ2v) is 5.97. The van der Waals surface area contributed by atoms with E-state index < -0.39 is 17.2 Å². The number of aromatic amines is 2. The van der Waals surface area contributed by atoms with Crippen LogP contribution in [0, 0.1) is 0 Å². The molecule has 136 valence electrons. The SMILES string of the molecule is COc1ccc(N2C[C@H](C)N(C(=O)c3c[nH]c(=O)[nH]c3=O)CC2=O)cc1. The monoisotopic (exact) mass is 358 g/mol. The van der Waals surface area contributed by atoms with Crippen LogP contribution in [0.15, 0.2) is 40.1 Å². The maximum Gasteiger partial charge on any atom is 0.325 e. The van der Waals surface area contributed by atoms with Crippen LogP contribution in [-0.2, 0) is 4.79 Å². The molecule has 9 nitrogen and oxygen atoms in total. The fraction of sp³-hybridized carbons (Fsp3) is 0.294. The van der Waals surface area contributed by atoms with Crippen LogP contribution < -0.4 is 20.9 Å². The normalized spacial score (nSPS) is 17.3. The van der Waals surface area contributed by atoms with Crippen molar-refractivity contribution in [1.29, 1.82) is 0 Å². The molecular formula is C17H18N4O5. The van der Waals surface area contributed by atoms with Crippen LogP contribution in [0.25, 0.3) is 0 Å². The van der Waals surface area contributed by atoms with Crippen LogP contribution in [0.5, 0.6) is 5.75 Å². The number of anilines is 1. The van der Waals surface area contributed by atoms with Crippen molar-refractivity contribution in [3.63, 3.8) is 0 Å². The number of methoxy groups -OCH3 is 1. The first kappa shape index (κ1) is 17.5. The Labute approximate surface area is 148 Å². The van der Waals surface area contributed by atoms with Crippen molar-refractivity contribution in [3.8, 4) is 5.75 Å². The zero-order valence-electron chi connectivity index (χ0n) is 14.3. The maximum absolute atomic E-state index is 12.6. The van der Waals surface area contributed by atoms with E-state index in [-0.39, 0.29) is 30.6 Å². The van der Waals surface area contributed by atoms with Crippen molar-refractivity contribution in [3.05, 3.63) is 56.9 Å². The van der Waals surface area contributed by atoms with E-state index in [2.05, 4.69) is 4.98 Å². The van der Waals surface area contributed by atoms with Gasteiger partial charge in [-0.2, -0.15) is 0 Å². The number of aromatic nitrogens is 2. The van der Waals surface area contributed by atoms with Gasteiger partial charge in [0.15, 0.2) is 0 Å². The molecule has 1 aromatic heterocycles. The lowest BCUT2D eigenvalue weighted by Crippen LogP contribution is -2.57. The maximum atomic E-state index is 12.6. The Morgan fingerprint density at radius 3 is 2.50 bits per heavy atom. The van der Waals surface area contributed by atoms with Crippen LogP contribution in [0.2, 0.25) is 0 Å². The minimum atomic E-state index is -0.781. The minimum absolute atomic E-state index is 0.162. The summed E-state index contributed by atoms with van der Waals surface area (Å²) in [5.74, 6) is -0.180. The first-order valence-electron chi connectivity index (χ1n) is 7.98. The third-order valence-corrected chi connectivity index (χ3v) is 4.28. The highest BCUT2D eigenvalue weighted by molar-refractivity contribution is 6.01. The van der Waals surface area contributed by atoms with E-state index in [4.69, 9.17) is 4.74 Å².